The molecular weight excluding hydrogens is 174 g/mol. The zero-order valence-corrected chi connectivity index (χ0v) is 9.08. The van der Waals surface area contributed by atoms with Crippen molar-refractivity contribution in [3.63, 3.8) is 0 Å². The highest BCUT2D eigenvalue weighted by Gasteiger charge is 2.23. The van der Waals surface area contributed by atoms with Crippen LogP contribution in [-0.2, 0) is 13.0 Å². The van der Waals surface area contributed by atoms with Gasteiger partial charge in [-0.1, -0.05) is 6.92 Å². The Labute approximate surface area is 85.3 Å². The summed E-state index contributed by atoms with van der Waals surface area (Å²) < 4.78 is 2.36. The van der Waals surface area contributed by atoms with Crippen LogP contribution in [-0.4, -0.2) is 16.1 Å². The molecule has 1 aromatic rings. The van der Waals surface area contributed by atoms with E-state index in [1.54, 1.807) is 0 Å². The van der Waals surface area contributed by atoms with Crippen LogP contribution < -0.4 is 5.73 Å². The second kappa shape index (κ2) is 3.73. The van der Waals surface area contributed by atoms with Crippen molar-refractivity contribution in [2.75, 3.05) is 6.54 Å². The van der Waals surface area contributed by atoms with Gasteiger partial charge in [-0.3, -0.25) is 0 Å². The molecule has 2 rings (SSSR count). The van der Waals surface area contributed by atoms with Gasteiger partial charge in [-0.15, -0.1) is 0 Å². The first-order chi connectivity index (χ1) is 6.77. The second-order valence-corrected chi connectivity index (χ2v) is 4.08. The van der Waals surface area contributed by atoms with Crippen LogP contribution in [0.3, 0.4) is 0 Å². The van der Waals surface area contributed by atoms with Gasteiger partial charge < -0.3 is 10.3 Å². The minimum atomic E-state index is 0.489. The predicted octanol–water partition coefficient (Wildman–Crippen LogP) is 1.59. The van der Waals surface area contributed by atoms with E-state index in [-0.39, 0.29) is 0 Å². The highest BCUT2D eigenvalue weighted by atomic mass is 15.1. The van der Waals surface area contributed by atoms with Crippen LogP contribution >= 0.6 is 0 Å². The van der Waals surface area contributed by atoms with Gasteiger partial charge >= 0.3 is 0 Å². The number of imidazole rings is 1. The van der Waals surface area contributed by atoms with Gasteiger partial charge in [0.2, 0.25) is 0 Å². The number of nitrogens with zero attached hydrogens (tertiary/aromatic N) is 2. The molecule has 78 valence electrons. The highest BCUT2D eigenvalue weighted by Crippen LogP contribution is 2.28. The smallest absolute Gasteiger partial charge is 0.113 e. The summed E-state index contributed by atoms with van der Waals surface area (Å²) in [6.07, 6.45) is 3.48. The summed E-state index contributed by atoms with van der Waals surface area (Å²) >= 11 is 0. The summed E-state index contributed by atoms with van der Waals surface area (Å²) in [4.78, 5) is 4.70. The zero-order chi connectivity index (χ0) is 10.1. The lowest BCUT2D eigenvalue weighted by Crippen LogP contribution is -2.22. The fraction of sp³-hybridized carbons (Fsp3) is 0.727. The SMILES string of the molecule is CCc1nc2n(c1C)CCCC2CN. The van der Waals surface area contributed by atoms with Gasteiger partial charge in [0.05, 0.1) is 5.69 Å². The lowest BCUT2D eigenvalue weighted by atomic mass is 9.99. The minimum Gasteiger partial charge on any atom is -0.332 e. The molecule has 1 aliphatic rings. The Morgan fingerprint density at radius 2 is 2.36 bits per heavy atom. The first kappa shape index (κ1) is 9.71. The average Bonchev–Trinajstić information content (AvgIpc) is 2.55. The van der Waals surface area contributed by atoms with Crippen LogP contribution in [0.5, 0.6) is 0 Å². The van der Waals surface area contributed by atoms with Crippen LogP contribution in [0.2, 0.25) is 0 Å². The largest absolute Gasteiger partial charge is 0.332 e. The van der Waals surface area contributed by atoms with E-state index in [4.69, 9.17) is 10.7 Å². The Bertz CT molecular complexity index is 328. The summed E-state index contributed by atoms with van der Waals surface area (Å²) in [7, 11) is 0. The van der Waals surface area contributed by atoms with Crippen LogP contribution in [0.4, 0.5) is 0 Å². The van der Waals surface area contributed by atoms with E-state index in [2.05, 4.69) is 18.4 Å². The molecule has 0 aliphatic carbocycles. The van der Waals surface area contributed by atoms with Gasteiger partial charge in [-0.25, -0.2) is 4.98 Å². The van der Waals surface area contributed by atoms with Gasteiger partial charge in [-0.05, 0) is 26.2 Å². The van der Waals surface area contributed by atoms with Crippen molar-refractivity contribution in [2.45, 2.75) is 45.6 Å². The Balaban J connectivity index is 2.43. The van der Waals surface area contributed by atoms with Crippen molar-refractivity contribution in [3.8, 4) is 0 Å². The van der Waals surface area contributed by atoms with Crippen molar-refractivity contribution >= 4 is 0 Å². The molecule has 0 aromatic carbocycles. The fourth-order valence-corrected chi connectivity index (χ4v) is 2.38. The molecule has 14 heavy (non-hydrogen) atoms. The van der Waals surface area contributed by atoms with E-state index in [1.165, 1.54) is 30.1 Å². The summed E-state index contributed by atoms with van der Waals surface area (Å²) in [6.45, 7) is 6.21. The number of nitrogens with two attached hydrogens (primary N) is 1. The Morgan fingerprint density at radius 1 is 1.57 bits per heavy atom. The molecule has 1 aromatic heterocycles. The third kappa shape index (κ3) is 1.36. The molecule has 0 fully saturated rings. The number of aryl methyl sites for hydroxylation is 1. The second-order valence-electron chi connectivity index (χ2n) is 4.08. The number of aromatic nitrogens is 2. The molecular formula is C11H19N3. The van der Waals surface area contributed by atoms with Crippen molar-refractivity contribution in [1.82, 2.24) is 9.55 Å². The van der Waals surface area contributed by atoms with Gasteiger partial charge in [0.25, 0.3) is 0 Å². The quantitative estimate of drug-likeness (QED) is 0.775. The monoisotopic (exact) mass is 193 g/mol. The summed E-state index contributed by atoms with van der Waals surface area (Å²) in [5, 5.41) is 0. The molecule has 0 bridgehead atoms. The standard InChI is InChI=1S/C11H19N3/c1-3-10-8(2)14-6-4-5-9(7-12)11(14)13-10/h9H,3-7,12H2,1-2H3. The normalized spacial score (nSPS) is 20.9. The number of hydrogen-bond acceptors (Lipinski definition) is 2. The molecule has 2 N–H and O–H groups in total. The molecule has 1 unspecified atom stereocenters. The van der Waals surface area contributed by atoms with E-state index in [9.17, 15) is 0 Å². The molecule has 0 radical (unpaired) electrons. The Kier molecular flexibility index (Phi) is 2.59. The number of rotatable bonds is 2. The molecule has 3 nitrogen and oxygen atoms in total. The molecule has 1 atom stereocenters. The van der Waals surface area contributed by atoms with Crippen LogP contribution in [0.1, 0.15) is 42.9 Å². The summed E-state index contributed by atoms with van der Waals surface area (Å²) in [6, 6.07) is 0. The molecule has 3 heteroatoms. The molecule has 0 spiro atoms. The highest BCUT2D eigenvalue weighted by molar-refractivity contribution is 5.19. The van der Waals surface area contributed by atoms with Crippen LogP contribution in [0, 0.1) is 6.92 Å². The van der Waals surface area contributed by atoms with E-state index in [1.807, 2.05) is 0 Å². The number of hydrogen-bond donors (Lipinski definition) is 1. The van der Waals surface area contributed by atoms with Gasteiger partial charge in [0.15, 0.2) is 0 Å². The molecule has 0 saturated carbocycles. The maximum absolute atomic E-state index is 5.77. The van der Waals surface area contributed by atoms with E-state index >= 15 is 0 Å². The third-order valence-corrected chi connectivity index (χ3v) is 3.27. The first-order valence-electron chi connectivity index (χ1n) is 5.53. The fourth-order valence-electron chi connectivity index (χ4n) is 2.38. The van der Waals surface area contributed by atoms with Gasteiger partial charge in [0.1, 0.15) is 5.82 Å². The van der Waals surface area contributed by atoms with E-state index < -0.39 is 0 Å². The minimum absolute atomic E-state index is 0.489. The Hall–Kier alpha value is -0.830. The summed E-state index contributed by atoms with van der Waals surface area (Å²) in [5.74, 6) is 1.72. The van der Waals surface area contributed by atoms with Crippen LogP contribution in [0.15, 0.2) is 0 Å². The summed E-state index contributed by atoms with van der Waals surface area (Å²) in [5.41, 5.74) is 8.36. The molecule has 0 saturated heterocycles. The lowest BCUT2D eigenvalue weighted by Gasteiger charge is -2.22. The van der Waals surface area contributed by atoms with Gasteiger partial charge in [-0.2, -0.15) is 0 Å². The number of fused-ring (bicyclic) bond motifs is 1. The van der Waals surface area contributed by atoms with E-state index in [0.29, 0.717) is 5.92 Å². The topological polar surface area (TPSA) is 43.8 Å². The molecule has 2 heterocycles. The third-order valence-electron chi connectivity index (χ3n) is 3.27. The van der Waals surface area contributed by atoms with E-state index in [0.717, 1.165) is 19.5 Å². The average molecular weight is 193 g/mol. The van der Waals surface area contributed by atoms with Gasteiger partial charge in [0, 0.05) is 24.7 Å². The maximum Gasteiger partial charge on any atom is 0.113 e. The zero-order valence-electron chi connectivity index (χ0n) is 9.08. The van der Waals surface area contributed by atoms with Crippen molar-refractivity contribution in [1.29, 1.82) is 0 Å². The van der Waals surface area contributed by atoms with Crippen molar-refractivity contribution in [2.24, 2.45) is 5.73 Å². The Morgan fingerprint density at radius 3 is 3.00 bits per heavy atom. The van der Waals surface area contributed by atoms with Crippen molar-refractivity contribution in [3.05, 3.63) is 17.2 Å². The first-order valence-corrected chi connectivity index (χ1v) is 5.53. The van der Waals surface area contributed by atoms with Crippen molar-refractivity contribution < 1.29 is 0 Å². The van der Waals surface area contributed by atoms with Crippen LogP contribution in [0.25, 0.3) is 0 Å². The maximum atomic E-state index is 5.77. The predicted molar refractivity (Wildman–Crippen MR) is 57.4 cm³/mol. The molecule has 1 aliphatic heterocycles. The lowest BCUT2D eigenvalue weighted by molar-refractivity contribution is 0.443. The molecule has 0 amide bonds.